The van der Waals surface area contributed by atoms with Gasteiger partial charge in [-0.05, 0) is 32.4 Å². The van der Waals surface area contributed by atoms with E-state index < -0.39 is 0 Å². The highest BCUT2D eigenvalue weighted by Gasteiger charge is 2.46. The van der Waals surface area contributed by atoms with Crippen LogP contribution in [-0.4, -0.2) is 50.0 Å². The molecule has 2 rings (SSSR count). The maximum absolute atomic E-state index is 9.02. The van der Waals surface area contributed by atoms with Gasteiger partial charge in [-0.25, -0.2) is 0 Å². The maximum Gasteiger partial charge on any atom is 0.0548 e. The van der Waals surface area contributed by atoms with E-state index in [0.717, 1.165) is 25.6 Å². The summed E-state index contributed by atoms with van der Waals surface area (Å²) in [7, 11) is 2.17. The number of hydrogen-bond donors (Lipinski definition) is 1. The second-order valence-electron chi connectivity index (χ2n) is 4.58. The quantitative estimate of drug-likeness (QED) is 0.688. The van der Waals surface area contributed by atoms with Crippen LogP contribution in [-0.2, 0) is 4.74 Å². The number of aliphatic hydroxyl groups excluding tert-OH is 1. The summed E-state index contributed by atoms with van der Waals surface area (Å²) in [6.07, 6.45) is 2.20. The lowest BCUT2D eigenvalue weighted by Crippen LogP contribution is -2.49. The van der Waals surface area contributed by atoms with Crippen LogP contribution in [0.5, 0.6) is 0 Å². The molecule has 0 spiro atoms. The Morgan fingerprint density at radius 3 is 2.69 bits per heavy atom. The molecule has 13 heavy (non-hydrogen) atoms. The zero-order chi connectivity index (χ0) is 9.31. The molecular weight excluding hydrogens is 166 g/mol. The monoisotopic (exact) mass is 185 g/mol. The molecule has 0 saturated carbocycles. The van der Waals surface area contributed by atoms with E-state index in [0.29, 0.717) is 12.0 Å². The molecule has 0 aromatic carbocycles. The van der Waals surface area contributed by atoms with Gasteiger partial charge in [0.15, 0.2) is 0 Å². The van der Waals surface area contributed by atoms with Gasteiger partial charge in [-0.1, -0.05) is 0 Å². The standard InChI is InChI=1S/C10H19NO2/c1-11-4-2-9(6-11)10(3-5-12)7-13-8-10/h9,12H,2-8H2,1H3. The Morgan fingerprint density at radius 2 is 2.31 bits per heavy atom. The van der Waals surface area contributed by atoms with E-state index >= 15 is 0 Å². The molecule has 2 aliphatic rings. The second-order valence-corrected chi connectivity index (χ2v) is 4.58. The Labute approximate surface area is 79.7 Å². The predicted molar refractivity (Wildman–Crippen MR) is 50.6 cm³/mol. The fraction of sp³-hybridized carbons (Fsp3) is 1.00. The third-order valence-corrected chi connectivity index (χ3v) is 3.65. The maximum atomic E-state index is 9.02. The highest BCUT2D eigenvalue weighted by Crippen LogP contribution is 2.43. The number of nitrogens with zero attached hydrogens (tertiary/aromatic N) is 1. The molecular formula is C10H19NO2. The van der Waals surface area contributed by atoms with E-state index in [4.69, 9.17) is 9.84 Å². The summed E-state index contributed by atoms with van der Waals surface area (Å²) in [5.41, 5.74) is 0.319. The van der Waals surface area contributed by atoms with Crippen molar-refractivity contribution in [3.63, 3.8) is 0 Å². The fourth-order valence-electron chi connectivity index (χ4n) is 2.61. The van der Waals surface area contributed by atoms with Crippen LogP contribution in [0, 0.1) is 11.3 Å². The van der Waals surface area contributed by atoms with E-state index in [-0.39, 0.29) is 0 Å². The molecule has 0 aromatic heterocycles. The van der Waals surface area contributed by atoms with Crippen LogP contribution in [0.25, 0.3) is 0 Å². The molecule has 0 aromatic rings. The van der Waals surface area contributed by atoms with Gasteiger partial charge in [-0.2, -0.15) is 0 Å². The summed E-state index contributed by atoms with van der Waals surface area (Å²) < 4.78 is 5.31. The molecule has 2 aliphatic heterocycles. The second kappa shape index (κ2) is 3.56. The van der Waals surface area contributed by atoms with E-state index in [1.54, 1.807) is 0 Å². The molecule has 0 amide bonds. The number of likely N-dealkylation sites (tertiary alicyclic amines) is 1. The highest BCUT2D eigenvalue weighted by molar-refractivity contribution is 4.95. The molecule has 0 bridgehead atoms. The molecule has 3 heteroatoms. The molecule has 2 heterocycles. The van der Waals surface area contributed by atoms with Crippen molar-refractivity contribution in [3.05, 3.63) is 0 Å². The molecule has 1 N–H and O–H groups in total. The normalized spacial score (nSPS) is 33.2. The van der Waals surface area contributed by atoms with Crippen molar-refractivity contribution >= 4 is 0 Å². The summed E-state index contributed by atoms with van der Waals surface area (Å²) in [5.74, 6) is 0.749. The van der Waals surface area contributed by atoms with Gasteiger partial charge in [0.25, 0.3) is 0 Å². The third-order valence-electron chi connectivity index (χ3n) is 3.65. The minimum absolute atomic E-state index is 0.309. The summed E-state index contributed by atoms with van der Waals surface area (Å²) in [6.45, 7) is 4.43. The Balaban J connectivity index is 1.96. The average Bonchev–Trinajstić information content (AvgIpc) is 2.44. The van der Waals surface area contributed by atoms with Crippen LogP contribution >= 0.6 is 0 Å². The van der Waals surface area contributed by atoms with E-state index in [2.05, 4.69) is 11.9 Å². The number of hydrogen-bond acceptors (Lipinski definition) is 3. The molecule has 0 radical (unpaired) electrons. The van der Waals surface area contributed by atoms with Gasteiger partial charge < -0.3 is 14.7 Å². The van der Waals surface area contributed by atoms with Crippen LogP contribution < -0.4 is 0 Å². The zero-order valence-electron chi connectivity index (χ0n) is 8.33. The minimum atomic E-state index is 0.309. The summed E-state index contributed by atoms with van der Waals surface area (Å²) in [6, 6.07) is 0. The molecule has 2 saturated heterocycles. The lowest BCUT2D eigenvalue weighted by Gasteiger charge is -2.46. The Bertz CT molecular complexity index is 180. The molecule has 2 fully saturated rings. The van der Waals surface area contributed by atoms with E-state index in [9.17, 15) is 0 Å². The van der Waals surface area contributed by atoms with Crippen LogP contribution in [0.3, 0.4) is 0 Å². The number of rotatable bonds is 3. The van der Waals surface area contributed by atoms with E-state index in [1.165, 1.54) is 19.5 Å². The summed E-state index contributed by atoms with van der Waals surface area (Å²) in [5, 5.41) is 9.02. The van der Waals surface area contributed by atoms with Gasteiger partial charge >= 0.3 is 0 Å². The van der Waals surface area contributed by atoms with Gasteiger partial charge in [0.2, 0.25) is 0 Å². The average molecular weight is 185 g/mol. The van der Waals surface area contributed by atoms with Crippen LogP contribution in [0.15, 0.2) is 0 Å². The zero-order valence-corrected chi connectivity index (χ0v) is 8.33. The van der Waals surface area contributed by atoms with Crippen LogP contribution in [0.2, 0.25) is 0 Å². The molecule has 1 unspecified atom stereocenters. The van der Waals surface area contributed by atoms with Crippen molar-refractivity contribution in [1.29, 1.82) is 0 Å². The highest BCUT2D eigenvalue weighted by atomic mass is 16.5. The topological polar surface area (TPSA) is 32.7 Å². The first-order valence-electron chi connectivity index (χ1n) is 5.14. The van der Waals surface area contributed by atoms with Crippen molar-refractivity contribution in [2.45, 2.75) is 12.8 Å². The van der Waals surface area contributed by atoms with Crippen molar-refractivity contribution in [3.8, 4) is 0 Å². The van der Waals surface area contributed by atoms with Crippen molar-refractivity contribution in [2.24, 2.45) is 11.3 Å². The predicted octanol–water partition coefficient (Wildman–Crippen LogP) is 0.337. The molecule has 0 aliphatic carbocycles. The van der Waals surface area contributed by atoms with Crippen molar-refractivity contribution in [1.82, 2.24) is 4.90 Å². The minimum Gasteiger partial charge on any atom is -0.396 e. The summed E-state index contributed by atoms with van der Waals surface area (Å²) in [4.78, 5) is 2.38. The van der Waals surface area contributed by atoms with Gasteiger partial charge in [0.1, 0.15) is 0 Å². The van der Waals surface area contributed by atoms with Gasteiger partial charge in [0, 0.05) is 18.6 Å². The lowest BCUT2D eigenvalue weighted by molar-refractivity contribution is -0.152. The molecule has 1 atom stereocenters. The molecule has 76 valence electrons. The number of aliphatic hydroxyl groups is 1. The smallest absolute Gasteiger partial charge is 0.0548 e. The van der Waals surface area contributed by atoms with Crippen LogP contribution in [0.1, 0.15) is 12.8 Å². The van der Waals surface area contributed by atoms with Gasteiger partial charge in [0.05, 0.1) is 13.2 Å². The number of ether oxygens (including phenoxy) is 1. The van der Waals surface area contributed by atoms with Gasteiger partial charge in [-0.3, -0.25) is 0 Å². The van der Waals surface area contributed by atoms with Crippen LogP contribution in [0.4, 0.5) is 0 Å². The first kappa shape index (κ1) is 9.44. The Kier molecular flexibility index (Phi) is 2.58. The van der Waals surface area contributed by atoms with Crippen molar-refractivity contribution < 1.29 is 9.84 Å². The fourth-order valence-corrected chi connectivity index (χ4v) is 2.61. The molecule has 3 nitrogen and oxygen atoms in total. The Hall–Kier alpha value is -0.120. The van der Waals surface area contributed by atoms with E-state index in [1.807, 2.05) is 0 Å². The first-order chi connectivity index (χ1) is 6.27. The third kappa shape index (κ3) is 1.60. The summed E-state index contributed by atoms with van der Waals surface area (Å²) >= 11 is 0. The lowest BCUT2D eigenvalue weighted by atomic mass is 9.71. The largest absolute Gasteiger partial charge is 0.396 e. The Morgan fingerprint density at radius 1 is 1.54 bits per heavy atom. The van der Waals surface area contributed by atoms with Gasteiger partial charge in [-0.15, -0.1) is 0 Å². The SMILES string of the molecule is CN1CCC(C2(CCO)COC2)C1. The first-order valence-corrected chi connectivity index (χ1v) is 5.14. The van der Waals surface area contributed by atoms with Crippen molar-refractivity contribution in [2.75, 3.05) is 40.0 Å².